The fourth-order valence-corrected chi connectivity index (χ4v) is 2.47. The van der Waals surface area contributed by atoms with Crippen molar-refractivity contribution < 1.29 is 9.59 Å². The van der Waals surface area contributed by atoms with Crippen molar-refractivity contribution in [3.05, 3.63) is 11.4 Å². The number of likely N-dealkylation sites (tertiary alicyclic amines) is 1. The molecular formula is C13H21N5O2. The lowest BCUT2D eigenvalue weighted by Gasteiger charge is -2.16. The molecule has 1 aliphatic rings. The Bertz CT molecular complexity index is 523. The molecule has 7 nitrogen and oxygen atoms in total. The van der Waals surface area contributed by atoms with Gasteiger partial charge in [-0.25, -0.2) is 0 Å². The molecule has 0 bridgehead atoms. The number of aromatic amines is 1. The van der Waals surface area contributed by atoms with Gasteiger partial charge in [0.25, 0.3) is 5.91 Å². The molecule has 0 saturated carbocycles. The molecule has 1 saturated heterocycles. The number of amides is 2. The lowest BCUT2D eigenvalue weighted by molar-refractivity contribution is -0.119. The van der Waals surface area contributed by atoms with Gasteiger partial charge in [0.15, 0.2) is 5.69 Å². The predicted molar refractivity (Wildman–Crippen MR) is 75.2 cm³/mol. The van der Waals surface area contributed by atoms with Crippen LogP contribution in [0.1, 0.15) is 49.3 Å². The van der Waals surface area contributed by atoms with Crippen molar-refractivity contribution >= 4 is 17.5 Å². The lowest BCUT2D eigenvalue weighted by Crippen LogP contribution is -2.37. The van der Waals surface area contributed by atoms with Gasteiger partial charge in [-0.05, 0) is 12.3 Å². The van der Waals surface area contributed by atoms with E-state index in [1.807, 2.05) is 13.8 Å². The number of H-pyrrole nitrogens is 1. The molecular weight excluding hydrogens is 258 g/mol. The van der Waals surface area contributed by atoms with Crippen molar-refractivity contribution in [1.29, 1.82) is 0 Å². The first-order chi connectivity index (χ1) is 9.40. The Morgan fingerprint density at radius 1 is 1.50 bits per heavy atom. The maximum absolute atomic E-state index is 12.4. The van der Waals surface area contributed by atoms with Gasteiger partial charge in [0.2, 0.25) is 5.91 Å². The number of hydrogen-bond donors (Lipinski definition) is 3. The Kier molecular flexibility index (Phi) is 3.96. The Labute approximate surface area is 117 Å². The van der Waals surface area contributed by atoms with Crippen molar-refractivity contribution in [3.63, 3.8) is 0 Å². The SMILES string of the molecule is CC(=O)NC1CCN(C(=O)c2n[nH]c(C(C)C)c2N)C1. The third-order valence-corrected chi connectivity index (χ3v) is 3.50. The van der Waals surface area contributed by atoms with E-state index in [2.05, 4.69) is 15.5 Å². The number of nitrogen functional groups attached to an aromatic ring is 1. The van der Waals surface area contributed by atoms with Gasteiger partial charge in [0.05, 0.1) is 11.4 Å². The van der Waals surface area contributed by atoms with Crippen LogP contribution >= 0.6 is 0 Å². The zero-order valence-electron chi connectivity index (χ0n) is 12.1. The second-order valence-electron chi connectivity index (χ2n) is 5.49. The van der Waals surface area contributed by atoms with Crippen LogP contribution in [0, 0.1) is 0 Å². The molecule has 2 heterocycles. The van der Waals surface area contributed by atoms with Gasteiger partial charge < -0.3 is 16.0 Å². The summed E-state index contributed by atoms with van der Waals surface area (Å²) >= 11 is 0. The third kappa shape index (κ3) is 2.76. The van der Waals surface area contributed by atoms with E-state index in [4.69, 9.17) is 5.73 Å². The molecule has 110 valence electrons. The molecule has 1 atom stereocenters. The summed E-state index contributed by atoms with van der Waals surface area (Å²) in [6.07, 6.45) is 0.757. The predicted octanol–water partition coefficient (Wildman–Crippen LogP) is 0.466. The summed E-state index contributed by atoms with van der Waals surface area (Å²) in [7, 11) is 0. The Morgan fingerprint density at radius 2 is 2.20 bits per heavy atom. The highest BCUT2D eigenvalue weighted by Crippen LogP contribution is 2.24. The number of carbonyl (C=O) groups excluding carboxylic acids is 2. The number of carbonyl (C=O) groups is 2. The average Bonchev–Trinajstić information content (AvgIpc) is 2.94. The van der Waals surface area contributed by atoms with E-state index in [1.54, 1.807) is 4.90 Å². The molecule has 20 heavy (non-hydrogen) atoms. The van der Waals surface area contributed by atoms with E-state index in [9.17, 15) is 9.59 Å². The van der Waals surface area contributed by atoms with Crippen LogP contribution in [0.4, 0.5) is 5.69 Å². The van der Waals surface area contributed by atoms with Crippen LogP contribution in [-0.2, 0) is 4.79 Å². The summed E-state index contributed by atoms with van der Waals surface area (Å²) in [5, 5.41) is 9.69. The van der Waals surface area contributed by atoms with Gasteiger partial charge in [0.1, 0.15) is 0 Å². The molecule has 0 spiro atoms. The fraction of sp³-hybridized carbons (Fsp3) is 0.615. The summed E-state index contributed by atoms with van der Waals surface area (Å²) in [6, 6.07) is 0.0150. The lowest BCUT2D eigenvalue weighted by atomic mass is 10.1. The number of rotatable bonds is 3. The summed E-state index contributed by atoms with van der Waals surface area (Å²) < 4.78 is 0. The first-order valence-electron chi connectivity index (χ1n) is 6.80. The molecule has 1 aromatic heterocycles. The smallest absolute Gasteiger partial charge is 0.276 e. The van der Waals surface area contributed by atoms with Crippen LogP contribution in [0.2, 0.25) is 0 Å². The summed E-state index contributed by atoms with van der Waals surface area (Å²) in [5.74, 6) is -0.0704. The summed E-state index contributed by atoms with van der Waals surface area (Å²) in [5.41, 5.74) is 7.46. The topological polar surface area (TPSA) is 104 Å². The average molecular weight is 279 g/mol. The van der Waals surface area contributed by atoms with Crippen LogP contribution in [-0.4, -0.2) is 46.0 Å². The van der Waals surface area contributed by atoms with E-state index >= 15 is 0 Å². The molecule has 0 radical (unpaired) electrons. The monoisotopic (exact) mass is 279 g/mol. The second-order valence-corrected chi connectivity index (χ2v) is 5.49. The molecule has 1 aliphatic heterocycles. The first-order valence-corrected chi connectivity index (χ1v) is 6.80. The van der Waals surface area contributed by atoms with Gasteiger partial charge in [-0.15, -0.1) is 0 Å². The highest BCUT2D eigenvalue weighted by Gasteiger charge is 2.30. The number of nitrogens with one attached hydrogen (secondary N) is 2. The highest BCUT2D eigenvalue weighted by molar-refractivity contribution is 5.98. The molecule has 7 heteroatoms. The largest absolute Gasteiger partial charge is 0.395 e. The quantitative estimate of drug-likeness (QED) is 0.748. The van der Waals surface area contributed by atoms with Crippen LogP contribution < -0.4 is 11.1 Å². The van der Waals surface area contributed by atoms with Crippen molar-refractivity contribution in [2.45, 2.75) is 39.2 Å². The molecule has 1 aromatic rings. The van der Waals surface area contributed by atoms with Gasteiger partial charge in [-0.3, -0.25) is 14.7 Å². The van der Waals surface area contributed by atoms with Gasteiger partial charge in [-0.2, -0.15) is 5.10 Å². The Hall–Kier alpha value is -2.05. The number of nitrogens with zero attached hydrogens (tertiary/aromatic N) is 2. The molecule has 1 fully saturated rings. The Balaban J connectivity index is 2.07. The zero-order chi connectivity index (χ0) is 14.9. The molecule has 0 aliphatic carbocycles. The van der Waals surface area contributed by atoms with E-state index in [1.165, 1.54) is 6.92 Å². The molecule has 2 rings (SSSR count). The van der Waals surface area contributed by atoms with Gasteiger partial charge >= 0.3 is 0 Å². The number of aromatic nitrogens is 2. The van der Waals surface area contributed by atoms with E-state index in [0.717, 1.165) is 12.1 Å². The number of anilines is 1. The Morgan fingerprint density at radius 3 is 2.75 bits per heavy atom. The van der Waals surface area contributed by atoms with Crippen molar-refractivity contribution in [3.8, 4) is 0 Å². The van der Waals surface area contributed by atoms with E-state index in [-0.39, 0.29) is 29.5 Å². The first kappa shape index (κ1) is 14.4. The minimum atomic E-state index is -0.182. The number of nitrogens with two attached hydrogens (primary N) is 1. The second kappa shape index (κ2) is 5.52. The minimum absolute atomic E-state index is 0.0150. The van der Waals surface area contributed by atoms with E-state index in [0.29, 0.717) is 18.8 Å². The molecule has 0 aromatic carbocycles. The third-order valence-electron chi connectivity index (χ3n) is 3.50. The zero-order valence-corrected chi connectivity index (χ0v) is 12.1. The maximum Gasteiger partial charge on any atom is 0.276 e. The van der Waals surface area contributed by atoms with Crippen molar-refractivity contribution in [2.24, 2.45) is 0 Å². The van der Waals surface area contributed by atoms with Crippen LogP contribution in [0.3, 0.4) is 0 Å². The van der Waals surface area contributed by atoms with Crippen LogP contribution in [0.15, 0.2) is 0 Å². The van der Waals surface area contributed by atoms with Crippen molar-refractivity contribution in [2.75, 3.05) is 18.8 Å². The highest BCUT2D eigenvalue weighted by atomic mass is 16.2. The van der Waals surface area contributed by atoms with Crippen LogP contribution in [0.25, 0.3) is 0 Å². The van der Waals surface area contributed by atoms with Crippen molar-refractivity contribution in [1.82, 2.24) is 20.4 Å². The maximum atomic E-state index is 12.4. The molecule has 1 unspecified atom stereocenters. The van der Waals surface area contributed by atoms with E-state index < -0.39 is 0 Å². The molecule has 2 amide bonds. The molecule has 4 N–H and O–H groups in total. The number of hydrogen-bond acceptors (Lipinski definition) is 4. The minimum Gasteiger partial charge on any atom is -0.395 e. The van der Waals surface area contributed by atoms with Gasteiger partial charge in [-0.1, -0.05) is 13.8 Å². The summed E-state index contributed by atoms with van der Waals surface area (Å²) in [4.78, 5) is 25.1. The summed E-state index contributed by atoms with van der Waals surface area (Å²) in [6.45, 7) is 6.56. The fourth-order valence-electron chi connectivity index (χ4n) is 2.47. The van der Waals surface area contributed by atoms with Crippen LogP contribution in [0.5, 0.6) is 0 Å². The van der Waals surface area contributed by atoms with Gasteiger partial charge in [0, 0.05) is 26.1 Å². The standard InChI is InChI=1S/C13H21N5O2/c1-7(2)11-10(14)12(17-16-11)13(20)18-5-4-9(6-18)15-8(3)19/h7,9H,4-6,14H2,1-3H3,(H,15,19)(H,16,17). The normalized spacial score (nSPS) is 18.6.